The number of likely N-dealkylation sites (N-methyl/N-ethyl adjacent to an activating group) is 2. The Kier molecular flexibility index (Phi) is 7.53. The highest BCUT2D eigenvalue weighted by atomic mass is 15.2. The van der Waals surface area contributed by atoms with Crippen LogP contribution < -0.4 is 5.32 Å². The summed E-state index contributed by atoms with van der Waals surface area (Å²) in [5, 5.41) is 3.65. The number of hydrogen-bond acceptors (Lipinski definition) is 2. The maximum Gasteiger partial charge on any atom is 0.0246 e. The molecule has 0 aromatic heterocycles. The van der Waals surface area contributed by atoms with E-state index in [1.54, 1.807) is 0 Å². The van der Waals surface area contributed by atoms with Gasteiger partial charge in [0.05, 0.1) is 0 Å². The van der Waals surface area contributed by atoms with Gasteiger partial charge in [-0.1, -0.05) is 58.3 Å². The van der Waals surface area contributed by atoms with Crippen LogP contribution in [0.25, 0.3) is 0 Å². The van der Waals surface area contributed by atoms with Crippen molar-refractivity contribution in [3.8, 4) is 0 Å². The smallest absolute Gasteiger partial charge is 0.0246 e. The first kappa shape index (κ1) is 17.3. The van der Waals surface area contributed by atoms with Gasteiger partial charge in [0.1, 0.15) is 0 Å². The molecule has 4 unspecified atom stereocenters. The molecule has 0 saturated heterocycles. The quantitative estimate of drug-likeness (QED) is 0.824. The molecule has 0 aromatic carbocycles. The molecule has 2 rings (SSSR count). The van der Waals surface area contributed by atoms with Crippen molar-refractivity contribution in [1.82, 2.24) is 10.2 Å². The fraction of sp³-hybridized carbons (Fsp3) is 1.00. The number of hydrogen-bond donors (Lipinski definition) is 1. The van der Waals surface area contributed by atoms with Crippen molar-refractivity contribution in [2.24, 2.45) is 11.8 Å². The van der Waals surface area contributed by atoms with Crippen LogP contribution in [0.1, 0.15) is 77.6 Å². The fourth-order valence-corrected chi connectivity index (χ4v) is 4.20. The first-order valence-corrected chi connectivity index (χ1v) is 9.60. The predicted octanol–water partition coefficient (Wildman–Crippen LogP) is 4.45. The largest absolute Gasteiger partial charge is 0.315 e. The zero-order valence-corrected chi connectivity index (χ0v) is 14.7. The van der Waals surface area contributed by atoms with Gasteiger partial charge in [-0.05, 0) is 45.2 Å². The summed E-state index contributed by atoms with van der Waals surface area (Å²) in [6, 6.07) is 1.45. The van der Waals surface area contributed by atoms with Crippen LogP contribution in [0, 0.1) is 11.8 Å². The van der Waals surface area contributed by atoms with Crippen LogP contribution in [-0.4, -0.2) is 37.6 Å². The molecule has 124 valence electrons. The van der Waals surface area contributed by atoms with Crippen molar-refractivity contribution in [2.45, 2.75) is 89.6 Å². The molecule has 2 saturated carbocycles. The third-order valence-corrected chi connectivity index (χ3v) is 5.97. The van der Waals surface area contributed by atoms with E-state index in [0.717, 1.165) is 17.9 Å². The highest BCUT2D eigenvalue weighted by molar-refractivity contribution is 4.89. The molecule has 0 heterocycles. The van der Waals surface area contributed by atoms with Gasteiger partial charge in [0.2, 0.25) is 0 Å². The lowest BCUT2D eigenvalue weighted by molar-refractivity contribution is 0.165. The van der Waals surface area contributed by atoms with Gasteiger partial charge < -0.3 is 10.2 Å². The molecule has 2 aliphatic rings. The Morgan fingerprint density at radius 3 is 1.95 bits per heavy atom. The first-order chi connectivity index (χ1) is 10.2. The molecule has 1 N–H and O–H groups in total. The lowest BCUT2D eigenvalue weighted by Crippen LogP contribution is -2.48. The Morgan fingerprint density at radius 2 is 1.43 bits per heavy atom. The van der Waals surface area contributed by atoms with E-state index in [1.165, 1.54) is 77.2 Å². The Bertz CT molecular complexity index is 279. The van der Waals surface area contributed by atoms with E-state index in [4.69, 9.17) is 0 Å². The Morgan fingerprint density at radius 1 is 0.905 bits per heavy atom. The van der Waals surface area contributed by atoms with E-state index >= 15 is 0 Å². The topological polar surface area (TPSA) is 15.3 Å². The summed E-state index contributed by atoms with van der Waals surface area (Å²) in [5.74, 6) is 1.96. The van der Waals surface area contributed by atoms with Crippen LogP contribution >= 0.6 is 0 Å². The normalized spacial score (nSPS) is 36.0. The van der Waals surface area contributed by atoms with E-state index in [2.05, 4.69) is 31.2 Å². The standard InChI is InChI=1S/C19H38N2/c1-16-14-17(16)15-21(3)19-13-11-9-7-5-4-6-8-10-12-18(19)20-2/h16-20H,4-15H2,1-3H3. The van der Waals surface area contributed by atoms with Gasteiger partial charge in [-0.25, -0.2) is 0 Å². The van der Waals surface area contributed by atoms with E-state index in [0.29, 0.717) is 6.04 Å². The number of nitrogens with one attached hydrogen (secondary N) is 1. The maximum absolute atomic E-state index is 3.65. The highest BCUT2D eigenvalue weighted by Crippen LogP contribution is 2.38. The van der Waals surface area contributed by atoms with E-state index in [9.17, 15) is 0 Å². The SMILES string of the molecule is CNC1CCCCCCCCCCC1N(C)CC1CC1C. The molecule has 0 spiro atoms. The van der Waals surface area contributed by atoms with Crippen LogP contribution in [0.2, 0.25) is 0 Å². The van der Waals surface area contributed by atoms with Gasteiger partial charge in [-0.3, -0.25) is 0 Å². The van der Waals surface area contributed by atoms with Crippen LogP contribution in [0.4, 0.5) is 0 Å². The zero-order chi connectivity index (χ0) is 15.1. The second kappa shape index (κ2) is 9.15. The van der Waals surface area contributed by atoms with Crippen molar-refractivity contribution in [3.05, 3.63) is 0 Å². The van der Waals surface area contributed by atoms with Crippen molar-refractivity contribution in [2.75, 3.05) is 20.6 Å². The first-order valence-electron chi connectivity index (χ1n) is 9.60. The lowest BCUT2D eigenvalue weighted by atomic mass is 9.93. The summed E-state index contributed by atoms with van der Waals surface area (Å²) in [6.07, 6.45) is 15.8. The Balaban J connectivity index is 1.89. The summed E-state index contributed by atoms with van der Waals surface area (Å²) >= 11 is 0. The molecule has 2 heteroatoms. The second-order valence-corrected chi connectivity index (χ2v) is 7.78. The molecule has 0 amide bonds. The Hall–Kier alpha value is -0.0800. The predicted molar refractivity (Wildman–Crippen MR) is 92.7 cm³/mol. The highest BCUT2D eigenvalue weighted by Gasteiger charge is 2.35. The van der Waals surface area contributed by atoms with Gasteiger partial charge in [0, 0.05) is 18.6 Å². The van der Waals surface area contributed by atoms with E-state index in [-0.39, 0.29) is 0 Å². The molecular formula is C19H38N2. The van der Waals surface area contributed by atoms with Crippen molar-refractivity contribution in [1.29, 1.82) is 0 Å². The average molecular weight is 295 g/mol. The van der Waals surface area contributed by atoms with E-state index in [1.807, 2.05) is 0 Å². The molecule has 0 radical (unpaired) electrons. The van der Waals surface area contributed by atoms with Crippen LogP contribution in [0.15, 0.2) is 0 Å². The molecule has 2 aliphatic carbocycles. The summed E-state index contributed by atoms with van der Waals surface area (Å²) in [6.45, 7) is 3.74. The third kappa shape index (κ3) is 5.90. The molecule has 2 fully saturated rings. The maximum atomic E-state index is 3.65. The van der Waals surface area contributed by atoms with Gasteiger partial charge in [0.25, 0.3) is 0 Å². The molecule has 2 nitrogen and oxygen atoms in total. The summed E-state index contributed by atoms with van der Waals surface area (Å²) in [4.78, 5) is 2.70. The second-order valence-electron chi connectivity index (χ2n) is 7.78. The van der Waals surface area contributed by atoms with Gasteiger partial charge >= 0.3 is 0 Å². The third-order valence-electron chi connectivity index (χ3n) is 5.97. The Labute approximate surface area is 133 Å². The molecule has 4 atom stereocenters. The van der Waals surface area contributed by atoms with Gasteiger partial charge in [-0.15, -0.1) is 0 Å². The van der Waals surface area contributed by atoms with Crippen LogP contribution in [0.5, 0.6) is 0 Å². The minimum Gasteiger partial charge on any atom is -0.315 e. The zero-order valence-electron chi connectivity index (χ0n) is 14.7. The summed E-state index contributed by atoms with van der Waals surface area (Å²) < 4.78 is 0. The fourth-order valence-electron chi connectivity index (χ4n) is 4.20. The minimum absolute atomic E-state index is 0.698. The molecule has 0 aromatic rings. The molecule has 0 aliphatic heterocycles. The number of rotatable bonds is 4. The van der Waals surface area contributed by atoms with Crippen molar-refractivity contribution in [3.63, 3.8) is 0 Å². The van der Waals surface area contributed by atoms with Gasteiger partial charge in [-0.2, -0.15) is 0 Å². The lowest BCUT2D eigenvalue weighted by Gasteiger charge is -2.35. The average Bonchev–Trinajstić information content (AvgIpc) is 3.14. The van der Waals surface area contributed by atoms with Crippen LogP contribution in [0.3, 0.4) is 0 Å². The summed E-state index contributed by atoms with van der Waals surface area (Å²) in [7, 11) is 4.56. The molecule has 21 heavy (non-hydrogen) atoms. The van der Waals surface area contributed by atoms with E-state index < -0.39 is 0 Å². The van der Waals surface area contributed by atoms with Crippen LogP contribution in [-0.2, 0) is 0 Å². The van der Waals surface area contributed by atoms with Crippen molar-refractivity contribution >= 4 is 0 Å². The monoisotopic (exact) mass is 294 g/mol. The molecule has 0 bridgehead atoms. The summed E-state index contributed by atoms with van der Waals surface area (Å²) in [5.41, 5.74) is 0. The minimum atomic E-state index is 0.698. The van der Waals surface area contributed by atoms with Gasteiger partial charge in [0.15, 0.2) is 0 Å². The molecular weight excluding hydrogens is 256 g/mol. The van der Waals surface area contributed by atoms with Crippen molar-refractivity contribution < 1.29 is 0 Å². The number of nitrogens with zero attached hydrogens (tertiary/aromatic N) is 1.